The average molecular weight is 230 g/mol. The van der Waals surface area contributed by atoms with E-state index < -0.39 is 23.9 Å². The lowest BCUT2D eigenvalue weighted by Gasteiger charge is -1.89. The number of rotatable bonds is 3. The van der Waals surface area contributed by atoms with Gasteiger partial charge in [-0.05, 0) is 6.42 Å². The van der Waals surface area contributed by atoms with E-state index in [9.17, 15) is 14.4 Å². The molecule has 1 heterocycles. The molecule has 1 atom stereocenters. The first-order valence-corrected chi connectivity index (χ1v) is 4.71. The van der Waals surface area contributed by atoms with Crippen LogP contribution in [0.4, 0.5) is 0 Å². The van der Waals surface area contributed by atoms with Crippen LogP contribution in [0.5, 0.6) is 0 Å². The van der Waals surface area contributed by atoms with Crippen LogP contribution in [0.3, 0.4) is 0 Å². The molecule has 4 N–H and O–H groups in total. The summed E-state index contributed by atoms with van der Waals surface area (Å²) >= 11 is 0. The topological polar surface area (TPSA) is 128 Å². The van der Waals surface area contributed by atoms with Crippen molar-refractivity contribution in [1.82, 2.24) is 5.32 Å². The van der Waals surface area contributed by atoms with E-state index in [0.717, 1.165) is 6.42 Å². The van der Waals surface area contributed by atoms with Gasteiger partial charge in [0, 0.05) is 0 Å². The number of hydrogen-bond donors (Lipinski definition) is 4. The molecule has 7 nitrogen and oxygen atoms in total. The number of carbonyl (C=O) groups is 3. The largest absolute Gasteiger partial charge is 0.477 e. The molecular formula is C9H14N2O5. The smallest absolute Gasteiger partial charge is 0.349 e. The van der Waals surface area contributed by atoms with Crippen molar-refractivity contribution in [3.8, 4) is 0 Å². The van der Waals surface area contributed by atoms with Gasteiger partial charge in [-0.2, -0.15) is 0 Å². The number of amides is 2. The molecule has 0 aromatic carbocycles. The van der Waals surface area contributed by atoms with Gasteiger partial charge >= 0.3 is 5.97 Å². The monoisotopic (exact) mass is 230 g/mol. The number of carboxylic acid groups (broad SMARTS) is 1. The third-order valence-corrected chi connectivity index (χ3v) is 1.70. The van der Waals surface area contributed by atoms with Gasteiger partial charge < -0.3 is 10.2 Å². The quantitative estimate of drug-likeness (QED) is 0.376. The molecule has 0 aromatic rings. The van der Waals surface area contributed by atoms with Gasteiger partial charge in [0.15, 0.2) is 0 Å². The lowest BCUT2D eigenvalue weighted by molar-refractivity contribution is -0.130. The second-order valence-corrected chi connectivity index (χ2v) is 3.17. The number of aliphatic carboxylic acids is 1. The molecule has 7 heteroatoms. The van der Waals surface area contributed by atoms with E-state index in [1.54, 1.807) is 0 Å². The molecule has 1 fully saturated rings. The van der Waals surface area contributed by atoms with Crippen molar-refractivity contribution in [2.45, 2.75) is 32.3 Å². The minimum atomic E-state index is -1.11. The Kier molecular flexibility index (Phi) is 5.94. The average Bonchev–Trinajstić information content (AvgIpc) is 2.45. The van der Waals surface area contributed by atoms with E-state index >= 15 is 0 Å². The fourth-order valence-corrected chi connectivity index (χ4v) is 0.897. The van der Waals surface area contributed by atoms with E-state index in [0.29, 0.717) is 6.42 Å². The molecule has 1 saturated heterocycles. The maximum absolute atomic E-state index is 10.2. The van der Waals surface area contributed by atoms with Crippen molar-refractivity contribution in [2.24, 2.45) is 0 Å². The first-order chi connectivity index (χ1) is 7.38. The summed E-state index contributed by atoms with van der Waals surface area (Å²) in [4.78, 5) is 30.2. The predicted octanol–water partition coefficient (Wildman–Crippen LogP) is -0.715. The summed E-state index contributed by atoms with van der Waals surface area (Å²) in [5, 5.41) is 25.3. The van der Waals surface area contributed by atoms with Gasteiger partial charge in [-0.1, -0.05) is 13.3 Å². The van der Waals surface area contributed by atoms with Crippen LogP contribution in [-0.2, 0) is 14.4 Å². The second kappa shape index (κ2) is 6.67. The van der Waals surface area contributed by atoms with Crippen LogP contribution in [0.1, 0.15) is 26.2 Å². The van der Waals surface area contributed by atoms with Gasteiger partial charge in [0.2, 0.25) is 5.91 Å². The Labute approximate surface area is 92.0 Å². The molecule has 2 amide bonds. The van der Waals surface area contributed by atoms with Crippen LogP contribution in [0, 0.1) is 5.41 Å². The second-order valence-electron chi connectivity index (χ2n) is 3.17. The summed E-state index contributed by atoms with van der Waals surface area (Å²) in [5.41, 5.74) is -0.201. The molecule has 0 spiro atoms. The zero-order valence-electron chi connectivity index (χ0n) is 8.82. The van der Waals surface area contributed by atoms with Gasteiger partial charge in [-0.3, -0.25) is 20.3 Å². The first kappa shape index (κ1) is 14.2. The van der Waals surface area contributed by atoms with Gasteiger partial charge in [-0.15, -0.1) is 0 Å². The summed E-state index contributed by atoms with van der Waals surface area (Å²) in [6, 6.07) is 0. The number of carbonyl (C=O) groups excluding carboxylic acids is 2. The SMILES string of the molecule is CCCC(=N)C(=O)O.O=C1CC(O)C(=O)N1. The molecule has 0 aromatic heterocycles. The van der Waals surface area contributed by atoms with Gasteiger partial charge in [-0.25, -0.2) is 4.79 Å². The minimum Gasteiger partial charge on any atom is -0.477 e. The van der Waals surface area contributed by atoms with Crippen molar-refractivity contribution in [3.05, 3.63) is 0 Å². The first-order valence-electron chi connectivity index (χ1n) is 4.71. The normalized spacial score (nSPS) is 18.5. The zero-order valence-corrected chi connectivity index (χ0v) is 8.82. The third-order valence-electron chi connectivity index (χ3n) is 1.70. The number of carboxylic acids is 1. The standard InChI is InChI=1S/C5H9NO2.C4H5NO3/c1-2-3-4(6)5(7)8;6-2-1-3(7)5-4(2)8/h6H,2-3H2,1H3,(H,7,8);2,6H,1H2,(H,5,7,8). The number of imide groups is 1. The number of aliphatic hydroxyl groups is 1. The fourth-order valence-electron chi connectivity index (χ4n) is 0.897. The van der Waals surface area contributed by atoms with Gasteiger partial charge in [0.1, 0.15) is 11.8 Å². The van der Waals surface area contributed by atoms with E-state index in [2.05, 4.69) is 0 Å². The van der Waals surface area contributed by atoms with Gasteiger partial charge in [0.25, 0.3) is 5.91 Å². The highest BCUT2D eigenvalue weighted by Gasteiger charge is 2.27. The zero-order chi connectivity index (χ0) is 12.7. The molecule has 0 radical (unpaired) electrons. The lowest BCUT2D eigenvalue weighted by atomic mass is 10.2. The minimum absolute atomic E-state index is 0.0845. The van der Waals surface area contributed by atoms with Crippen molar-refractivity contribution < 1.29 is 24.6 Å². The molecule has 0 bridgehead atoms. The van der Waals surface area contributed by atoms with E-state index in [1.165, 1.54) is 0 Å². The summed E-state index contributed by atoms with van der Waals surface area (Å²) in [5.74, 6) is -2.09. The third kappa shape index (κ3) is 5.20. The Morgan fingerprint density at radius 2 is 2.12 bits per heavy atom. The van der Waals surface area contributed by atoms with E-state index in [1.807, 2.05) is 12.2 Å². The Bertz CT molecular complexity index is 313. The van der Waals surface area contributed by atoms with Crippen LogP contribution >= 0.6 is 0 Å². The fraction of sp³-hybridized carbons (Fsp3) is 0.556. The molecule has 0 saturated carbocycles. The van der Waals surface area contributed by atoms with Crippen LogP contribution in [0.15, 0.2) is 0 Å². The summed E-state index contributed by atoms with van der Waals surface area (Å²) in [6.07, 6.45) is -0.0956. The molecule has 90 valence electrons. The maximum Gasteiger partial charge on any atom is 0.349 e. The highest BCUT2D eigenvalue weighted by atomic mass is 16.4. The van der Waals surface area contributed by atoms with Crippen molar-refractivity contribution in [3.63, 3.8) is 0 Å². The number of nitrogens with one attached hydrogen (secondary N) is 2. The van der Waals surface area contributed by atoms with Crippen LogP contribution in [0.2, 0.25) is 0 Å². The molecule has 1 aliphatic rings. The van der Waals surface area contributed by atoms with Crippen LogP contribution in [0.25, 0.3) is 0 Å². The molecular weight excluding hydrogens is 216 g/mol. The molecule has 0 aliphatic carbocycles. The van der Waals surface area contributed by atoms with Crippen molar-refractivity contribution in [1.29, 1.82) is 5.41 Å². The molecule has 16 heavy (non-hydrogen) atoms. The summed E-state index contributed by atoms with van der Waals surface area (Å²) in [7, 11) is 0. The Morgan fingerprint density at radius 1 is 1.56 bits per heavy atom. The highest BCUT2D eigenvalue weighted by molar-refractivity contribution is 6.34. The van der Waals surface area contributed by atoms with Crippen LogP contribution < -0.4 is 5.32 Å². The number of aliphatic hydroxyl groups excluding tert-OH is 1. The summed E-state index contributed by atoms with van der Waals surface area (Å²) in [6.45, 7) is 1.84. The summed E-state index contributed by atoms with van der Waals surface area (Å²) < 4.78 is 0. The number of hydrogen-bond acceptors (Lipinski definition) is 5. The maximum atomic E-state index is 10.2. The van der Waals surface area contributed by atoms with Crippen molar-refractivity contribution >= 4 is 23.5 Å². The molecule has 1 rings (SSSR count). The highest BCUT2D eigenvalue weighted by Crippen LogP contribution is 1.98. The molecule has 1 unspecified atom stereocenters. The lowest BCUT2D eigenvalue weighted by Crippen LogP contribution is -2.24. The Balaban J connectivity index is 0.000000281. The van der Waals surface area contributed by atoms with E-state index in [-0.39, 0.29) is 12.1 Å². The Morgan fingerprint density at radius 3 is 2.25 bits per heavy atom. The predicted molar refractivity (Wildman–Crippen MR) is 54.0 cm³/mol. The Hall–Kier alpha value is -1.76. The van der Waals surface area contributed by atoms with Crippen LogP contribution in [-0.4, -0.2) is 39.8 Å². The van der Waals surface area contributed by atoms with Gasteiger partial charge in [0.05, 0.1) is 6.42 Å². The van der Waals surface area contributed by atoms with Crippen molar-refractivity contribution in [2.75, 3.05) is 0 Å². The molecule has 1 aliphatic heterocycles. The van der Waals surface area contributed by atoms with E-state index in [4.69, 9.17) is 15.6 Å².